The quantitative estimate of drug-likeness (QED) is 0.246. The Morgan fingerprint density at radius 3 is 1.21 bits per heavy atom. The number of benzene rings is 2. The van der Waals surface area contributed by atoms with Crippen LogP contribution in [0, 0.1) is 0 Å². The van der Waals surface area contributed by atoms with Crippen LogP contribution in [0.1, 0.15) is 0 Å². The molecule has 0 saturated heterocycles. The smallest absolute Gasteiger partial charge is 0.0572 e. The van der Waals surface area contributed by atoms with E-state index in [2.05, 4.69) is 96.3 Å². The van der Waals surface area contributed by atoms with Gasteiger partial charge < -0.3 is 9.13 Å². The van der Waals surface area contributed by atoms with E-state index < -0.39 is 0 Å². The van der Waals surface area contributed by atoms with Gasteiger partial charge in [-0.3, -0.25) is 19.9 Å². The molecule has 6 aromatic heterocycles. The Kier molecular flexibility index (Phi) is 4.80. The minimum absolute atomic E-state index is 0.930. The van der Waals surface area contributed by atoms with Gasteiger partial charge in [-0.15, -0.1) is 12.6 Å². The number of fused-ring (bicyclic) bond motifs is 6. The van der Waals surface area contributed by atoms with Crippen molar-refractivity contribution >= 4 is 56.2 Å². The first-order valence-corrected chi connectivity index (χ1v) is 13.0. The number of rotatable bonds is 3. The van der Waals surface area contributed by atoms with Crippen LogP contribution in [0.15, 0.2) is 121 Å². The van der Waals surface area contributed by atoms with Gasteiger partial charge in [0.2, 0.25) is 0 Å². The maximum atomic E-state index is 4.51. The molecule has 0 spiro atoms. The third kappa shape index (κ3) is 3.37. The second-order valence-electron chi connectivity index (χ2n) is 9.53. The maximum Gasteiger partial charge on any atom is 0.0572 e. The van der Waals surface area contributed by atoms with Gasteiger partial charge in [0.05, 0.1) is 22.1 Å². The molecular formula is C32H20N6S. The summed E-state index contributed by atoms with van der Waals surface area (Å²) in [7, 11) is 0. The number of aromatic nitrogens is 6. The van der Waals surface area contributed by atoms with Crippen molar-refractivity contribution in [2.75, 3.05) is 0 Å². The summed E-state index contributed by atoms with van der Waals surface area (Å²) in [6, 6.07) is 23.3. The highest BCUT2D eigenvalue weighted by molar-refractivity contribution is 7.80. The molecule has 0 unspecified atom stereocenters. The van der Waals surface area contributed by atoms with E-state index in [1.807, 2.05) is 61.7 Å². The number of thiol groups is 1. The molecule has 0 amide bonds. The van der Waals surface area contributed by atoms with Gasteiger partial charge in [0.15, 0.2) is 0 Å². The van der Waals surface area contributed by atoms with Crippen LogP contribution in [0.2, 0.25) is 0 Å². The predicted molar refractivity (Wildman–Crippen MR) is 159 cm³/mol. The topological polar surface area (TPSA) is 61.4 Å². The molecule has 0 aliphatic heterocycles. The van der Waals surface area contributed by atoms with Gasteiger partial charge in [0, 0.05) is 87.4 Å². The molecular weight excluding hydrogens is 500 g/mol. The summed E-state index contributed by atoms with van der Waals surface area (Å²) >= 11 is 4.51. The Labute approximate surface area is 228 Å². The number of nitrogens with zero attached hydrogens (tertiary/aromatic N) is 6. The molecule has 0 saturated carbocycles. The first-order chi connectivity index (χ1) is 19.3. The van der Waals surface area contributed by atoms with Crippen LogP contribution in [-0.2, 0) is 0 Å². The average Bonchev–Trinajstić information content (AvgIpc) is 3.51. The van der Waals surface area contributed by atoms with Crippen LogP contribution in [0.4, 0.5) is 0 Å². The summed E-state index contributed by atoms with van der Waals surface area (Å²) in [5, 5.41) is 4.28. The van der Waals surface area contributed by atoms with Crippen LogP contribution in [0.25, 0.3) is 66.1 Å². The fourth-order valence-corrected chi connectivity index (χ4v) is 5.80. The molecule has 7 heteroatoms. The zero-order valence-electron chi connectivity index (χ0n) is 20.6. The van der Waals surface area contributed by atoms with Crippen molar-refractivity contribution in [3.05, 3.63) is 116 Å². The van der Waals surface area contributed by atoms with E-state index in [1.165, 1.54) is 0 Å². The van der Waals surface area contributed by atoms with Crippen molar-refractivity contribution in [2.45, 2.75) is 4.90 Å². The van der Waals surface area contributed by atoms with Crippen molar-refractivity contribution < 1.29 is 0 Å². The molecule has 0 aliphatic rings. The van der Waals surface area contributed by atoms with Gasteiger partial charge in [-0.25, -0.2) is 0 Å². The molecule has 184 valence electrons. The Bertz CT molecular complexity index is 1960. The molecule has 39 heavy (non-hydrogen) atoms. The summed E-state index contributed by atoms with van der Waals surface area (Å²) < 4.78 is 4.59. The van der Waals surface area contributed by atoms with E-state index in [-0.39, 0.29) is 0 Å². The van der Waals surface area contributed by atoms with E-state index in [0.29, 0.717) is 0 Å². The zero-order chi connectivity index (χ0) is 25.9. The van der Waals surface area contributed by atoms with Crippen molar-refractivity contribution in [3.8, 4) is 22.5 Å². The SMILES string of the molecule is Sc1ccc(-c2cc(-n3c4ccncc4c4cnccc43)cc(-n3c4ccncc4c4cnccc43)c2)cc1. The van der Waals surface area contributed by atoms with Gasteiger partial charge in [-0.2, -0.15) is 0 Å². The lowest BCUT2D eigenvalue weighted by molar-refractivity contribution is 1.13. The molecule has 0 aliphatic carbocycles. The molecule has 2 aromatic carbocycles. The highest BCUT2D eigenvalue weighted by Crippen LogP contribution is 2.37. The van der Waals surface area contributed by atoms with E-state index in [9.17, 15) is 0 Å². The Morgan fingerprint density at radius 2 is 0.821 bits per heavy atom. The Balaban J connectivity index is 1.50. The maximum absolute atomic E-state index is 4.51. The van der Waals surface area contributed by atoms with E-state index in [1.54, 1.807) is 0 Å². The van der Waals surface area contributed by atoms with Crippen LogP contribution >= 0.6 is 12.6 Å². The molecule has 8 aromatic rings. The van der Waals surface area contributed by atoms with Gasteiger partial charge >= 0.3 is 0 Å². The molecule has 0 bridgehead atoms. The molecule has 6 heterocycles. The Hall–Kier alpha value is -5.01. The van der Waals surface area contributed by atoms with Crippen molar-refractivity contribution in [1.82, 2.24) is 29.1 Å². The Morgan fingerprint density at radius 1 is 0.436 bits per heavy atom. The minimum atomic E-state index is 0.930. The second kappa shape index (κ2) is 8.51. The highest BCUT2D eigenvalue weighted by Gasteiger charge is 2.17. The van der Waals surface area contributed by atoms with Gasteiger partial charge in [0.1, 0.15) is 0 Å². The molecule has 0 radical (unpaired) electrons. The van der Waals surface area contributed by atoms with E-state index >= 15 is 0 Å². The van der Waals surface area contributed by atoms with Crippen molar-refractivity contribution in [2.24, 2.45) is 0 Å². The third-order valence-corrected chi connectivity index (χ3v) is 7.65. The number of hydrogen-bond acceptors (Lipinski definition) is 5. The average molecular weight is 521 g/mol. The van der Waals surface area contributed by atoms with Crippen LogP contribution in [0.5, 0.6) is 0 Å². The van der Waals surface area contributed by atoms with Crippen LogP contribution < -0.4 is 0 Å². The second-order valence-corrected chi connectivity index (χ2v) is 10.0. The third-order valence-electron chi connectivity index (χ3n) is 7.36. The fraction of sp³-hybridized carbons (Fsp3) is 0. The van der Waals surface area contributed by atoms with Gasteiger partial charge in [-0.05, 0) is 65.7 Å². The number of hydrogen-bond donors (Lipinski definition) is 1. The first-order valence-electron chi connectivity index (χ1n) is 12.6. The van der Waals surface area contributed by atoms with Crippen LogP contribution in [0.3, 0.4) is 0 Å². The van der Waals surface area contributed by atoms with Crippen molar-refractivity contribution in [3.63, 3.8) is 0 Å². The van der Waals surface area contributed by atoms with Crippen molar-refractivity contribution in [1.29, 1.82) is 0 Å². The summed E-state index contributed by atoms with van der Waals surface area (Å²) in [5.41, 5.74) is 8.64. The molecule has 8 rings (SSSR count). The molecule has 0 atom stereocenters. The minimum Gasteiger partial charge on any atom is -0.309 e. The lowest BCUT2D eigenvalue weighted by Gasteiger charge is -2.16. The number of pyridine rings is 4. The normalized spacial score (nSPS) is 11.7. The first kappa shape index (κ1) is 22.0. The molecule has 6 nitrogen and oxygen atoms in total. The lowest BCUT2D eigenvalue weighted by atomic mass is 10.0. The zero-order valence-corrected chi connectivity index (χ0v) is 21.5. The highest BCUT2D eigenvalue weighted by atomic mass is 32.1. The largest absolute Gasteiger partial charge is 0.309 e. The summed E-state index contributed by atoms with van der Waals surface area (Å²) in [6.07, 6.45) is 15.0. The summed E-state index contributed by atoms with van der Waals surface area (Å²) in [5.74, 6) is 0. The van der Waals surface area contributed by atoms with E-state index in [4.69, 9.17) is 0 Å². The lowest BCUT2D eigenvalue weighted by Crippen LogP contribution is -2.00. The summed E-state index contributed by atoms with van der Waals surface area (Å²) in [6.45, 7) is 0. The fourth-order valence-electron chi connectivity index (χ4n) is 5.65. The molecule has 0 N–H and O–H groups in total. The van der Waals surface area contributed by atoms with E-state index in [0.717, 1.165) is 71.0 Å². The standard InChI is InChI=1S/C32H20N6S/c39-24-3-1-20(2-4-24)21-13-22(37-29-5-9-33-16-25(29)26-17-34-10-6-30(26)37)15-23(14-21)38-31-7-11-35-18-27(31)28-19-36-12-8-32(28)38/h1-19,39H. The predicted octanol–water partition coefficient (Wildman–Crippen LogP) is 7.42. The van der Waals surface area contributed by atoms with Gasteiger partial charge in [-0.1, -0.05) is 12.1 Å². The van der Waals surface area contributed by atoms with Crippen LogP contribution in [-0.4, -0.2) is 29.1 Å². The van der Waals surface area contributed by atoms with Gasteiger partial charge in [0.25, 0.3) is 0 Å². The summed E-state index contributed by atoms with van der Waals surface area (Å²) in [4.78, 5) is 18.6. The monoisotopic (exact) mass is 520 g/mol. The molecule has 0 fully saturated rings.